The van der Waals surface area contributed by atoms with Gasteiger partial charge in [-0.15, -0.1) is 10.2 Å². The molecule has 2 N–H and O–H groups in total. The molecule has 5 nitrogen and oxygen atoms in total. The topological polar surface area (TPSA) is 80.5 Å². The van der Waals surface area contributed by atoms with Crippen molar-refractivity contribution in [3.8, 4) is 17.5 Å². The largest absolute Gasteiger partial charge is 0.398 e. The molecule has 0 radical (unpaired) electrons. The maximum absolute atomic E-state index is 9.35. The molecule has 1 aromatic heterocycles. The molecule has 0 bridgehead atoms. The van der Waals surface area contributed by atoms with Gasteiger partial charge in [0.05, 0.1) is 11.6 Å². The van der Waals surface area contributed by atoms with E-state index in [-0.39, 0.29) is 0 Å². The number of hydrogen-bond donors (Lipinski definition) is 1. The van der Waals surface area contributed by atoms with Gasteiger partial charge in [-0.3, -0.25) is 0 Å². The third-order valence-corrected chi connectivity index (χ3v) is 5.02. The van der Waals surface area contributed by atoms with Gasteiger partial charge in [0.2, 0.25) is 0 Å². The molecule has 0 aliphatic carbocycles. The lowest BCUT2D eigenvalue weighted by atomic mass is 9.87. The smallest absolute Gasteiger partial charge is 0.164 e. The summed E-state index contributed by atoms with van der Waals surface area (Å²) in [5.74, 6) is 2.15. The molecule has 1 unspecified atom stereocenters. The average Bonchev–Trinajstić information content (AvgIpc) is 3.07. The van der Waals surface area contributed by atoms with Gasteiger partial charge in [0.15, 0.2) is 5.82 Å². The van der Waals surface area contributed by atoms with Crippen molar-refractivity contribution in [2.24, 2.45) is 0 Å². The number of nitrogens with zero attached hydrogens (tertiary/aromatic N) is 4. The number of hydrogen-bond acceptors (Lipinski definition) is 4. The highest BCUT2D eigenvalue weighted by Crippen LogP contribution is 2.33. The Labute approximate surface area is 146 Å². The van der Waals surface area contributed by atoms with Gasteiger partial charge in [-0.25, -0.2) is 0 Å². The Balaban J connectivity index is 1.67. The number of rotatable bonds is 2. The zero-order valence-corrected chi connectivity index (χ0v) is 14.1. The van der Waals surface area contributed by atoms with Crippen LogP contribution in [0.25, 0.3) is 11.4 Å². The van der Waals surface area contributed by atoms with Gasteiger partial charge in [0, 0.05) is 24.2 Å². The Hall–Kier alpha value is -3.13. The van der Waals surface area contributed by atoms with E-state index in [2.05, 4.69) is 26.9 Å². The molecule has 0 amide bonds. The summed E-state index contributed by atoms with van der Waals surface area (Å²) in [5, 5.41) is 18.2. The van der Waals surface area contributed by atoms with E-state index in [0.29, 0.717) is 5.92 Å². The molecular weight excluding hydrogens is 310 g/mol. The summed E-state index contributed by atoms with van der Waals surface area (Å²) in [6, 6.07) is 16.2. The Kier molecular flexibility index (Phi) is 3.73. The summed E-state index contributed by atoms with van der Waals surface area (Å²) in [6.45, 7) is 2.84. The number of nitriles is 1. The number of aryl methyl sites for hydroxylation is 1. The Morgan fingerprint density at radius 1 is 1.20 bits per heavy atom. The van der Waals surface area contributed by atoms with E-state index in [1.165, 1.54) is 0 Å². The fourth-order valence-electron chi connectivity index (χ4n) is 3.54. The third-order valence-electron chi connectivity index (χ3n) is 5.02. The Bertz CT molecular complexity index is 980. The van der Waals surface area contributed by atoms with Crippen molar-refractivity contribution < 1.29 is 0 Å². The maximum atomic E-state index is 9.35. The molecule has 0 saturated heterocycles. The van der Waals surface area contributed by atoms with Crippen molar-refractivity contribution in [1.29, 1.82) is 5.26 Å². The predicted molar refractivity (Wildman–Crippen MR) is 96.8 cm³/mol. The van der Waals surface area contributed by atoms with Gasteiger partial charge in [0.1, 0.15) is 5.82 Å². The van der Waals surface area contributed by atoms with E-state index in [4.69, 9.17) is 5.73 Å². The molecule has 1 aliphatic heterocycles. The summed E-state index contributed by atoms with van der Waals surface area (Å²) in [7, 11) is 0. The summed E-state index contributed by atoms with van der Waals surface area (Å²) in [5.41, 5.74) is 10.7. The van der Waals surface area contributed by atoms with Crippen LogP contribution in [0.15, 0.2) is 42.5 Å². The van der Waals surface area contributed by atoms with Crippen LogP contribution < -0.4 is 5.73 Å². The van der Waals surface area contributed by atoms with Crippen LogP contribution in [0.5, 0.6) is 0 Å². The highest BCUT2D eigenvalue weighted by Gasteiger charge is 2.26. The molecule has 25 heavy (non-hydrogen) atoms. The monoisotopic (exact) mass is 329 g/mol. The summed E-state index contributed by atoms with van der Waals surface area (Å²) in [4.78, 5) is 0. The molecule has 1 aliphatic rings. The summed E-state index contributed by atoms with van der Waals surface area (Å²) in [6.07, 6.45) is 1.77. The van der Waals surface area contributed by atoms with Crippen molar-refractivity contribution in [2.75, 3.05) is 5.73 Å². The fraction of sp³-hybridized carbons (Fsp3) is 0.250. The second-order valence-electron chi connectivity index (χ2n) is 6.55. The number of aromatic nitrogens is 3. The maximum Gasteiger partial charge on any atom is 0.164 e. The minimum Gasteiger partial charge on any atom is -0.398 e. The number of benzene rings is 2. The molecule has 3 aromatic rings. The number of nitrogen functional groups attached to an aromatic ring is 1. The van der Waals surface area contributed by atoms with Crippen molar-refractivity contribution >= 4 is 5.69 Å². The van der Waals surface area contributed by atoms with Gasteiger partial charge < -0.3 is 10.3 Å². The normalized spacial score (nSPS) is 16.2. The molecular formula is C20H19N5. The van der Waals surface area contributed by atoms with Crippen LogP contribution in [0.2, 0.25) is 0 Å². The third kappa shape index (κ3) is 2.66. The Morgan fingerprint density at radius 2 is 2.04 bits per heavy atom. The SMILES string of the molecule is Cc1ccc(-c2nnc3n2CCC(c2ccccc2C#N)C3)cc1N. The van der Waals surface area contributed by atoms with E-state index in [0.717, 1.165) is 59.0 Å². The van der Waals surface area contributed by atoms with Crippen LogP contribution in [0, 0.1) is 18.3 Å². The number of fused-ring (bicyclic) bond motifs is 1. The van der Waals surface area contributed by atoms with E-state index in [1.54, 1.807) is 0 Å². The van der Waals surface area contributed by atoms with Crippen LogP contribution in [0.3, 0.4) is 0 Å². The number of anilines is 1. The van der Waals surface area contributed by atoms with Gasteiger partial charge in [0.25, 0.3) is 0 Å². The molecule has 2 heterocycles. The molecule has 2 aromatic carbocycles. The van der Waals surface area contributed by atoms with E-state index in [9.17, 15) is 5.26 Å². The first kappa shape index (κ1) is 15.4. The lowest BCUT2D eigenvalue weighted by Gasteiger charge is -2.24. The van der Waals surface area contributed by atoms with Crippen LogP contribution in [-0.2, 0) is 13.0 Å². The predicted octanol–water partition coefficient (Wildman–Crippen LogP) is 3.44. The second kappa shape index (κ2) is 6.06. The van der Waals surface area contributed by atoms with Gasteiger partial charge in [-0.05, 0) is 42.5 Å². The minimum atomic E-state index is 0.309. The van der Waals surface area contributed by atoms with Crippen LogP contribution in [-0.4, -0.2) is 14.8 Å². The quantitative estimate of drug-likeness (QED) is 0.730. The lowest BCUT2D eigenvalue weighted by Crippen LogP contribution is -2.19. The molecule has 1 atom stereocenters. The lowest BCUT2D eigenvalue weighted by molar-refractivity contribution is 0.468. The van der Waals surface area contributed by atoms with Crippen molar-refractivity contribution in [3.63, 3.8) is 0 Å². The molecule has 0 fully saturated rings. The van der Waals surface area contributed by atoms with E-state index < -0.39 is 0 Å². The fourth-order valence-corrected chi connectivity index (χ4v) is 3.54. The van der Waals surface area contributed by atoms with Crippen LogP contribution in [0.4, 0.5) is 5.69 Å². The van der Waals surface area contributed by atoms with Crippen LogP contribution >= 0.6 is 0 Å². The van der Waals surface area contributed by atoms with Crippen LogP contribution in [0.1, 0.15) is 34.9 Å². The first-order valence-electron chi connectivity index (χ1n) is 8.45. The van der Waals surface area contributed by atoms with Crippen molar-refractivity contribution in [1.82, 2.24) is 14.8 Å². The number of nitrogens with two attached hydrogens (primary N) is 1. The van der Waals surface area contributed by atoms with Gasteiger partial charge in [-0.2, -0.15) is 5.26 Å². The molecule has 5 heteroatoms. The average molecular weight is 329 g/mol. The molecule has 4 rings (SSSR count). The first-order valence-corrected chi connectivity index (χ1v) is 8.45. The summed E-state index contributed by atoms with van der Waals surface area (Å²) < 4.78 is 2.18. The van der Waals surface area contributed by atoms with Crippen molar-refractivity contribution in [3.05, 3.63) is 65.0 Å². The highest BCUT2D eigenvalue weighted by molar-refractivity contribution is 5.64. The molecule has 0 spiro atoms. The van der Waals surface area contributed by atoms with E-state index in [1.807, 2.05) is 43.3 Å². The first-order chi connectivity index (χ1) is 12.2. The Morgan fingerprint density at radius 3 is 2.84 bits per heavy atom. The van der Waals surface area contributed by atoms with Gasteiger partial charge >= 0.3 is 0 Å². The zero-order valence-electron chi connectivity index (χ0n) is 14.1. The highest BCUT2D eigenvalue weighted by atomic mass is 15.3. The molecule has 124 valence electrons. The minimum absolute atomic E-state index is 0.309. The zero-order chi connectivity index (χ0) is 17.4. The standard InChI is InChI=1S/C20H19N5/c1-13-6-7-15(10-18(13)22)20-24-23-19-11-14(8-9-25(19)20)17-5-3-2-4-16(17)12-21/h2-7,10,14H,8-9,11,22H2,1H3. The van der Waals surface area contributed by atoms with Crippen molar-refractivity contribution in [2.45, 2.75) is 32.2 Å². The van der Waals surface area contributed by atoms with Gasteiger partial charge in [-0.1, -0.05) is 30.3 Å². The van der Waals surface area contributed by atoms with E-state index >= 15 is 0 Å². The second-order valence-corrected chi connectivity index (χ2v) is 6.55. The summed E-state index contributed by atoms with van der Waals surface area (Å²) >= 11 is 0. The molecule has 0 saturated carbocycles.